The molecular formula is C15H15FN2O3. The summed E-state index contributed by atoms with van der Waals surface area (Å²) in [5, 5.41) is 10.9. The van der Waals surface area contributed by atoms with Gasteiger partial charge in [0.25, 0.3) is 5.69 Å². The van der Waals surface area contributed by atoms with Crippen LogP contribution in [-0.2, 0) is 6.42 Å². The van der Waals surface area contributed by atoms with Gasteiger partial charge in [-0.25, -0.2) is 4.39 Å². The van der Waals surface area contributed by atoms with Crippen LogP contribution >= 0.6 is 0 Å². The van der Waals surface area contributed by atoms with Crippen LogP contribution < -0.4 is 10.5 Å². The van der Waals surface area contributed by atoms with Gasteiger partial charge in [0.2, 0.25) is 0 Å². The maximum absolute atomic E-state index is 13.2. The number of hydrogen-bond donors (Lipinski definition) is 1. The maximum atomic E-state index is 13.2. The first-order valence-corrected chi connectivity index (χ1v) is 6.33. The Morgan fingerprint density at radius 1 is 1.33 bits per heavy atom. The summed E-state index contributed by atoms with van der Waals surface area (Å²) in [5.74, 6) is 0.134. The average Bonchev–Trinajstić information content (AvgIpc) is 2.46. The van der Waals surface area contributed by atoms with Crippen molar-refractivity contribution in [3.63, 3.8) is 0 Å². The molecule has 2 aromatic carbocycles. The first-order chi connectivity index (χ1) is 10.0. The first kappa shape index (κ1) is 14.9. The van der Waals surface area contributed by atoms with Gasteiger partial charge in [0, 0.05) is 23.7 Å². The number of hydrogen-bond acceptors (Lipinski definition) is 4. The molecule has 5 nitrogen and oxygen atoms in total. The number of nitro groups is 1. The zero-order chi connectivity index (χ0) is 15.4. The van der Waals surface area contributed by atoms with Gasteiger partial charge in [-0.05, 0) is 30.2 Å². The molecule has 0 heterocycles. The van der Waals surface area contributed by atoms with Crippen LogP contribution in [0.25, 0.3) is 0 Å². The molecule has 0 saturated heterocycles. The Bertz CT molecular complexity index is 661. The minimum atomic E-state index is -0.526. The lowest BCUT2D eigenvalue weighted by Gasteiger charge is -2.15. The number of non-ortho nitro benzene ring substituents is 1. The quantitative estimate of drug-likeness (QED) is 0.678. The zero-order valence-corrected chi connectivity index (χ0v) is 11.5. The van der Waals surface area contributed by atoms with Crippen LogP contribution in [0.1, 0.15) is 17.2 Å². The lowest BCUT2D eigenvalue weighted by atomic mass is 9.98. The Morgan fingerprint density at radius 3 is 2.71 bits per heavy atom. The van der Waals surface area contributed by atoms with E-state index >= 15 is 0 Å². The topological polar surface area (TPSA) is 78.4 Å². The minimum absolute atomic E-state index is 0.0551. The summed E-state index contributed by atoms with van der Waals surface area (Å²) in [6, 6.07) is 9.84. The summed E-state index contributed by atoms with van der Waals surface area (Å²) in [6.07, 6.45) is 0.356. The molecule has 2 N–H and O–H groups in total. The molecule has 0 radical (unpaired) electrons. The number of ether oxygens (including phenoxy) is 1. The summed E-state index contributed by atoms with van der Waals surface area (Å²) >= 11 is 0. The number of benzene rings is 2. The van der Waals surface area contributed by atoms with Crippen molar-refractivity contribution in [2.75, 3.05) is 7.11 Å². The third-order valence-corrected chi connectivity index (χ3v) is 3.17. The Balaban J connectivity index is 2.30. The van der Waals surface area contributed by atoms with Gasteiger partial charge in [-0.2, -0.15) is 0 Å². The third kappa shape index (κ3) is 3.55. The first-order valence-electron chi connectivity index (χ1n) is 6.33. The molecule has 0 aliphatic rings. The van der Waals surface area contributed by atoms with Crippen molar-refractivity contribution in [2.45, 2.75) is 12.5 Å². The molecule has 0 amide bonds. The van der Waals surface area contributed by atoms with E-state index in [1.165, 1.54) is 37.4 Å². The average molecular weight is 290 g/mol. The number of methoxy groups -OCH3 is 1. The lowest BCUT2D eigenvalue weighted by molar-refractivity contribution is -0.385. The van der Waals surface area contributed by atoms with E-state index in [9.17, 15) is 14.5 Å². The van der Waals surface area contributed by atoms with Crippen LogP contribution in [0.4, 0.5) is 10.1 Å². The highest BCUT2D eigenvalue weighted by Crippen LogP contribution is 2.30. The molecule has 2 aromatic rings. The highest BCUT2D eigenvalue weighted by Gasteiger charge is 2.17. The predicted molar refractivity (Wildman–Crippen MR) is 76.7 cm³/mol. The molecule has 1 atom stereocenters. The maximum Gasteiger partial charge on any atom is 0.270 e. The van der Waals surface area contributed by atoms with E-state index < -0.39 is 11.0 Å². The van der Waals surface area contributed by atoms with Crippen molar-refractivity contribution in [3.05, 3.63) is 69.5 Å². The normalized spacial score (nSPS) is 12.0. The molecule has 0 spiro atoms. The fourth-order valence-corrected chi connectivity index (χ4v) is 2.15. The van der Waals surface area contributed by atoms with Gasteiger partial charge in [-0.3, -0.25) is 10.1 Å². The van der Waals surface area contributed by atoms with Gasteiger partial charge in [0.15, 0.2) is 0 Å². The molecule has 110 valence electrons. The molecule has 2 rings (SSSR count). The van der Waals surface area contributed by atoms with Gasteiger partial charge in [0.05, 0.1) is 12.0 Å². The van der Waals surface area contributed by atoms with E-state index in [4.69, 9.17) is 10.5 Å². The summed E-state index contributed by atoms with van der Waals surface area (Å²) in [7, 11) is 1.47. The molecule has 21 heavy (non-hydrogen) atoms. The smallest absolute Gasteiger partial charge is 0.270 e. The van der Waals surface area contributed by atoms with Crippen molar-refractivity contribution in [1.29, 1.82) is 0 Å². The van der Waals surface area contributed by atoms with Crippen LogP contribution in [0.5, 0.6) is 5.75 Å². The standard InChI is InChI=1S/C15H15FN2O3/c1-21-15-6-5-12(18(19)20)9-13(15)14(17)8-10-3-2-4-11(16)7-10/h2-7,9,14H,8,17H2,1H3. The highest BCUT2D eigenvalue weighted by atomic mass is 19.1. The van der Waals surface area contributed by atoms with Crippen LogP contribution in [0, 0.1) is 15.9 Å². The van der Waals surface area contributed by atoms with E-state index in [1.807, 2.05) is 0 Å². The molecule has 6 heteroatoms. The van der Waals surface area contributed by atoms with Gasteiger partial charge >= 0.3 is 0 Å². The Hall–Kier alpha value is -2.47. The minimum Gasteiger partial charge on any atom is -0.496 e. The van der Waals surface area contributed by atoms with Gasteiger partial charge in [-0.15, -0.1) is 0 Å². The monoisotopic (exact) mass is 290 g/mol. The van der Waals surface area contributed by atoms with E-state index in [-0.39, 0.29) is 11.5 Å². The molecule has 0 aromatic heterocycles. The van der Waals surface area contributed by atoms with Crippen molar-refractivity contribution < 1.29 is 14.1 Å². The summed E-state index contributed by atoms with van der Waals surface area (Å²) in [5.41, 5.74) is 7.28. The second-order valence-corrected chi connectivity index (χ2v) is 4.62. The van der Waals surface area contributed by atoms with Gasteiger partial charge in [0.1, 0.15) is 11.6 Å². The fraction of sp³-hybridized carbons (Fsp3) is 0.200. The zero-order valence-electron chi connectivity index (χ0n) is 11.5. The molecule has 0 aliphatic heterocycles. The Morgan fingerprint density at radius 2 is 2.10 bits per heavy atom. The lowest BCUT2D eigenvalue weighted by Crippen LogP contribution is -2.15. The SMILES string of the molecule is COc1ccc([N+](=O)[O-])cc1C(N)Cc1cccc(F)c1. The van der Waals surface area contributed by atoms with Crippen molar-refractivity contribution in [3.8, 4) is 5.75 Å². The number of nitrogens with two attached hydrogens (primary N) is 1. The van der Waals surface area contributed by atoms with Gasteiger partial charge in [-0.1, -0.05) is 12.1 Å². The highest BCUT2D eigenvalue weighted by molar-refractivity contribution is 5.45. The third-order valence-electron chi connectivity index (χ3n) is 3.17. The number of halogens is 1. The second-order valence-electron chi connectivity index (χ2n) is 4.62. The van der Waals surface area contributed by atoms with Crippen LogP contribution in [-0.4, -0.2) is 12.0 Å². The van der Waals surface area contributed by atoms with Crippen LogP contribution in [0.2, 0.25) is 0 Å². The van der Waals surface area contributed by atoms with E-state index in [0.29, 0.717) is 17.7 Å². The largest absolute Gasteiger partial charge is 0.496 e. The van der Waals surface area contributed by atoms with Gasteiger partial charge < -0.3 is 10.5 Å². The molecule has 1 unspecified atom stereocenters. The summed E-state index contributed by atoms with van der Waals surface area (Å²) < 4.78 is 18.4. The molecule has 0 fully saturated rings. The number of nitrogens with zero attached hydrogens (tertiary/aromatic N) is 1. The molecular weight excluding hydrogens is 275 g/mol. The molecule has 0 aliphatic carbocycles. The Labute approximate surface area is 121 Å². The van der Waals surface area contributed by atoms with Crippen LogP contribution in [0.3, 0.4) is 0 Å². The van der Waals surface area contributed by atoms with Crippen molar-refractivity contribution >= 4 is 5.69 Å². The number of rotatable bonds is 5. The van der Waals surface area contributed by atoms with E-state index in [1.54, 1.807) is 12.1 Å². The molecule has 0 bridgehead atoms. The summed E-state index contributed by atoms with van der Waals surface area (Å²) in [6.45, 7) is 0. The van der Waals surface area contributed by atoms with Crippen molar-refractivity contribution in [1.82, 2.24) is 0 Å². The number of nitro benzene ring substituents is 1. The van der Waals surface area contributed by atoms with Crippen LogP contribution in [0.15, 0.2) is 42.5 Å². The van der Waals surface area contributed by atoms with Crippen molar-refractivity contribution in [2.24, 2.45) is 5.73 Å². The van der Waals surface area contributed by atoms with E-state index in [2.05, 4.69) is 0 Å². The predicted octanol–water partition coefficient (Wildman–Crippen LogP) is 2.99. The second kappa shape index (κ2) is 6.32. The summed E-state index contributed by atoms with van der Waals surface area (Å²) in [4.78, 5) is 10.4. The fourth-order valence-electron chi connectivity index (χ4n) is 2.15. The Kier molecular flexibility index (Phi) is 4.49. The van der Waals surface area contributed by atoms with E-state index in [0.717, 1.165) is 5.56 Å². The molecule has 0 saturated carbocycles.